The maximum Gasteiger partial charge on any atom is 1.00 e. The van der Waals surface area contributed by atoms with Crippen LogP contribution in [0.15, 0.2) is 0 Å². The van der Waals surface area contributed by atoms with Gasteiger partial charge in [0.2, 0.25) is 0 Å². The van der Waals surface area contributed by atoms with Crippen LogP contribution in [-0.4, -0.2) is 15.3 Å². The Hall–Kier alpha value is 2.03. The third-order valence-electron chi connectivity index (χ3n) is 0. The smallest absolute Gasteiger partial charge is 0.870 e. The third kappa shape index (κ3) is 157. The van der Waals surface area contributed by atoms with Gasteiger partial charge in [0.05, 0.1) is 0 Å². The van der Waals surface area contributed by atoms with Crippen molar-refractivity contribution in [3.63, 3.8) is 0 Å². The molecule has 0 aromatic carbocycles. The standard InChI is InChI=1S/H3N.2Na.H3O4P.H2O/c;;;1-5(2,3)4;/h1H3;;;(H3,1,2,3,4);1H2/q;2*+1;;/p-2. The van der Waals surface area contributed by atoms with E-state index < -0.39 is 7.82 Å². The molecule has 6 nitrogen and oxygen atoms in total. The van der Waals surface area contributed by atoms with Gasteiger partial charge >= 0.3 is 59.1 Å². The van der Waals surface area contributed by atoms with E-state index in [4.69, 9.17) is 19.2 Å². The zero-order valence-corrected chi connectivity index (χ0v) is 10.2. The Morgan fingerprint density at radius 3 is 1.22 bits per heavy atom. The molecular formula is H6NNa2O5P. The van der Waals surface area contributed by atoms with Crippen LogP contribution in [0.5, 0.6) is 0 Å². The first-order valence-electron chi connectivity index (χ1n) is 0.765. The van der Waals surface area contributed by atoms with Crippen LogP contribution in [0.2, 0.25) is 0 Å². The van der Waals surface area contributed by atoms with E-state index in [0.29, 0.717) is 0 Å². The molecule has 0 aliphatic rings. The molecule has 9 heteroatoms. The Morgan fingerprint density at radius 2 is 1.22 bits per heavy atom. The van der Waals surface area contributed by atoms with E-state index >= 15 is 0 Å². The van der Waals surface area contributed by atoms with E-state index in [1.165, 1.54) is 0 Å². The van der Waals surface area contributed by atoms with Crippen molar-refractivity contribution in [2.45, 2.75) is 0 Å². The molecule has 0 bridgehead atoms. The van der Waals surface area contributed by atoms with Crippen molar-refractivity contribution in [2.24, 2.45) is 0 Å². The Morgan fingerprint density at radius 1 is 1.22 bits per heavy atom. The van der Waals surface area contributed by atoms with E-state index in [-0.39, 0.29) is 70.7 Å². The molecule has 48 valence electrons. The van der Waals surface area contributed by atoms with E-state index in [1.807, 2.05) is 0 Å². The molecule has 0 fully saturated rings. The predicted octanol–water partition coefficient (Wildman–Crippen LogP) is -7.57. The van der Waals surface area contributed by atoms with Crippen LogP contribution in [0.1, 0.15) is 0 Å². The van der Waals surface area contributed by atoms with Gasteiger partial charge in [0.1, 0.15) is 0 Å². The Balaban J connectivity index is -0.0000000133. The summed E-state index contributed by atoms with van der Waals surface area (Å²) in [5.74, 6) is 0. The fourth-order valence-electron chi connectivity index (χ4n) is 0. The van der Waals surface area contributed by atoms with Gasteiger partial charge in [0.15, 0.2) is 0 Å². The average Bonchev–Trinajstić information content (AvgIpc) is 0.722. The molecule has 0 rings (SSSR count). The molecule has 0 aliphatic heterocycles. The quantitative estimate of drug-likeness (QED) is 0.247. The number of phosphoric acid groups is 1. The SMILES string of the molecule is N.O=P([O-])(O)O.[Na+].[Na+].[OH-]. The zero-order valence-electron chi connectivity index (χ0n) is 5.31. The molecule has 0 unspecified atom stereocenters. The molecule has 0 atom stereocenters. The minimum atomic E-state index is -4.89. The van der Waals surface area contributed by atoms with Crippen molar-refractivity contribution in [1.29, 1.82) is 0 Å². The van der Waals surface area contributed by atoms with Crippen molar-refractivity contribution in [1.82, 2.24) is 6.15 Å². The molecule has 9 heavy (non-hydrogen) atoms. The zero-order chi connectivity index (χ0) is 4.50. The molecule has 0 aromatic rings. The molecule has 6 N–H and O–H groups in total. The monoisotopic (exact) mass is 177 g/mol. The molecule has 0 spiro atoms. The van der Waals surface area contributed by atoms with Gasteiger partial charge in [-0.25, -0.2) is 0 Å². The van der Waals surface area contributed by atoms with Crippen LogP contribution in [0.3, 0.4) is 0 Å². The molecule has 0 saturated carbocycles. The van der Waals surface area contributed by atoms with Crippen molar-refractivity contribution in [2.75, 3.05) is 0 Å². The second-order valence-electron chi connectivity index (χ2n) is 0.491. The third-order valence-corrected chi connectivity index (χ3v) is 0. The van der Waals surface area contributed by atoms with Crippen LogP contribution in [-0.2, 0) is 4.57 Å². The fraction of sp³-hybridized carbons (Fsp3) is 0. The van der Waals surface area contributed by atoms with Gasteiger partial charge in [-0.2, -0.15) is 0 Å². The first-order chi connectivity index (χ1) is 2.00. The van der Waals surface area contributed by atoms with Crippen LogP contribution >= 0.6 is 7.82 Å². The summed E-state index contributed by atoms with van der Waals surface area (Å²) in [5, 5.41) is 0. The number of rotatable bonds is 0. The first-order valence-corrected chi connectivity index (χ1v) is 2.30. The topological polar surface area (TPSA) is 146 Å². The van der Waals surface area contributed by atoms with E-state index in [2.05, 4.69) is 0 Å². The number of hydrogen-bond acceptors (Lipinski definition) is 4. The second-order valence-corrected chi connectivity index (χ2v) is 1.47. The van der Waals surface area contributed by atoms with Gasteiger partial charge < -0.3 is 26.3 Å². The maximum atomic E-state index is 8.77. The summed E-state index contributed by atoms with van der Waals surface area (Å²) in [6.07, 6.45) is 0. The first kappa shape index (κ1) is 30.5. The summed E-state index contributed by atoms with van der Waals surface area (Å²) in [6, 6.07) is 0. The Labute approximate surface area is 96.7 Å². The van der Waals surface area contributed by atoms with Gasteiger partial charge in [0.25, 0.3) is 7.82 Å². The molecular weight excluding hydrogens is 171 g/mol. The molecule has 0 saturated heterocycles. The average molecular weight is 177 g/mol. The summed E-state index contributed by atoms with van der Waals surface area (Å²) >= 11 is 0. The van der Waals surface area contributed by atoms with Gasteiger partial charge in [-0.1, -0.05) is 0 Å². The van der Waals surface area contributed by atoms with Crippen molar-refractivity contribution in [3.8, 4) is 0 Å². The molecule has 0 radical (unpaired) electrons. The summed E-state index contributed by atoms with van der Waals surface area (Å²) in [4.78, 5) is 22.9. The summed E-state index contributed by atoms with van der Waals surface area (Å²) in [6.45, 7) is 0. The van der Waals surface area contributed by atoms with Crippen molar-refractivity contribution in [3.05, 3.63) is 0 Å². The van der Waals surface area contributed by atoms with Gasteiger partial charge in [0, 0.05) is 0 Å². The van der Waals surface area contributed by atoms with Crippen molar-refractivity contribution >= 4 is 7.82 Å². The minimum Gasteiger partial charge on any atom is -0.870 e. The Kier molecular flexibility index (Phi) is 43.0. The molecule has 0 heterocycles. The van der Waals surface area contributed by atoms with Crippen molar-refractivity contribution < 1.29 is 83.8 Å². The summed E-state index contributed by atoms with van der Waals surface area (Å²) < 4.78 is 8.77. The summed E-state index contributed by atoms with van der Waals surface area (Å²) in [7, 11) is -4.89. The summed E-state index contributed by atoms with van der Waals surface area (Å²) in [5.41, 5.74) is 0. The predicted molar refractivity (Wildman–Crippen MR) is 19.0 cm³/mol. The van der Waals surface area contributed by atoms with Gasteiger partial charge in [-0.05, 0) is 0 Å². The van der Waals surface area contributed by atoms with Crippen LogP contribution in [0.25, 0.3) is 0 Å². The van der Waals surface area contributed by atoms with Gasteiger partial charge in [-0.3, -0.25) is 4.57 Å². The molecule has 0 aromatic heterocycles. The minimum absolute atomic E-state index is 0. The normalized spacial score (nSPS) is 6.56. The van der Waals surface area contributed by atoms with Crippen LogP contribution in [0.4, 0.5) is 0 Å². The van der Waals surface area contributed by atoms with Crippen LogP contribution in [0, 0.1) is 0 Å². The van der Waals surface area contributed by atoms with E-state index in [0.717, 1.165) is 0 Å². The Bertz CT molecular complexity index is 61.1. The second kappa shape index (κ2) is 12.7. The van der Waals surface area contributed by atoms with E-state index in [1.54, 1.807) is 0 Å². The molecule has 0 aliphatic carbocycles. The van der Waals surface area contributed by atoms with E-state index in [9.17, 15) is 0 Å². The maximum absolute atomic E-state index is 8.77. The fourth-order valence-corrected chi connectivity index (χ4v) is 0. The van der Waals surface area contributed by atoms with Crippen LogP contribution < -0.4 is 70.2 Å². The molecule has 0 amide bonds. The number of hydrogen-bond donors (Lipinski definition) is 3. The largest absolute Gasteiger partial charge is 1.00 e. The van der Waals surface area contributed by atoms with Gasteiger partial charge in [-0.15, -0.1) is 0 Å².